The van der Waals surface area contributed by atoms with Gasteiger partial charge in [0.05, 0.1) is 5.69 Å². The lowest BCUT2D eigenvalue weighted by Gasteiger charge is -2.11. The third-order valence-electron chi connectivity index (χ3n) is 2.42. The largest absolute Gasteiger partial charge is 0.317 e. The second kappa shape index (κ2) is 4.03. The van der Waals surface area contributed by atoms with E-state index in [0.717, 1.165) is 15.2 Å². The average Bonchev–Trinajstić information content (AvgIpc) is 2.51. The van der Waals surface area contributed by atoms with E-state index in [-0.39, 0.29) is 0 Å². The molecule has 0 aliphatic heterocycles. The smallest absolute Gasteiger partial charge is 0.0611 e. The van der Waals surface area contributed by atoms with Gasteiger partial charge in [0.25, 0.3) is 0 Å². The lowest BCUT2D eigenvalue weighted by atomic mass is 10.3. The van der Waals surface area contributed by atoms with Crippen molar-refractivity contribution in [2.45, 2.75) is 13.8 Å². The third-order valence-corrected chi connectivity index (χ3v) is 3.33. The zero-order chi connectivity index (χ0) is 11.0. The van der Waals surface area contributed by atoms with Crippen LogP contribution in [0.3, 0.4) is 0 Å². The van der Waals surface area contributed by atoms with Gasteiger partial charge in [-0.1, -0.05) is 11.6 Å². The number of hydrogen-bond acceptors (Lipinski definition) is 0. The molecule has 1 aromatic heterocycles. The highest BCUT2D eigenvalue weighted by molar-refractivity contribution is 9.10. The average molecular weight is 285 g/mol. The van der Waals surface area contributed by atoms with Gasteiger partial charge in [0.1, 0.15) is 0 Å². The maximum atomic E-state index is 6.00. The Morgan fingerprint density at radius 1 is 1.07 bits per heavy atom. The van der Waals surface area contributed by atoms with E-state index >= 15 is 0 Å². The van der Waals surface area contributed by atoms with Crippen molar-refractivity contribution in [2.24, 2.45) is 0 Å². The van der Waals surface area contributed by atoms with Gasteiger partial charge in [0.15, 0.2) is 0 Å². The fraction of sp³-hybridized carbons (Fsp3) is 0.167. The number of aromatic nitrogens is 1. The molecule has 0 N–H and O–H groups in total. The van der Waals surface area contributed by atoms with Crippen LogP contribution in [0.15, 0.2) is 34.8 Å². The van der Waals surface area contributed by atoms with Gasteiger partial charge in [-0.2, -0.15) is 0 Å². The van der Waals surface area contributed by atoms with E-state index in [1.54, 1.807) is 0 Å². The minimum absolute atomic E-state index is 0.751. The summed E-state index contributed by atoms with van der Waals surface area (Å²) in [4.78, 5) is 0. The number of halogens is 2. The van der Waals surface area contributed by atoms with Gasteiger partial charge in [0.2, 0.25) is 0 Å². The van der Waals surface area contributed by atoms with Crippen LogP contribution in [0.25, 0.3) is 5.69 Å². The maximum absolute atomic E-state index is 6.00. The van der Waals surface area contributed by atoms with Gasteiger partial charge in [-0.05, 0) is 60.1 Å². The van der Waals surface area contributed by atoms with Gasteiger partial charge >= 0.3 is 0 Å². The Morgan fingerprint density at radius 2 is 1.67 bits per heavy atom. The minimum atomic E-state index is 0.751. The van der Waals surface area contributed by atoms with Gasteiger partial charge < -0.3 is 4.57 Å². The van der Waals surface area contributed by atoms with E-state index in [0.29, 0.717) is 0 Å². The molecule has 0 spiro atoms. The first kappa shape index (κ1) is 10.8. The van der Waals surface area contributed by atoms with Crippen LogP contribution in [0.5, 0.6) is 0 Å². The zero-order valence-corrected chi connectivity index (χ0v) is 10.9. The summed E-state index contributed by atoms with van der Waals surface area (Å²) >= 11 is 9.54. The molecule has 0 saturated carbocycles. The van der Waals surface area contributed by atoms with E-state index in [2.05, 4.69) is 46.5 Å². The summed E-state index contributed by atoms with van der Waals surface area (Å²) in [6.07, 6.45) is 0. The van der Waals surface area contributed by atoms with Crippen molar-refractivity contribution in [1.82, 2.24) is 4.57 Å². The molecule has 0 bridgehead atoms. The molecule has 0 fully saturated rings. The molecule has 1 aromatic carbocycles. The molecule has 0 aliphatic rings. The van der Waals surface area contributed by atoms with E-state index in [1.165, 1.54) is 11.4 Å². The van der Waals surface area contributed by atoms with Crippen LogP contribution in [0.2, 0.25) is 5.02 Å². The monoisotopic (exact) mass is 283 g/mol. The predicted molar refractivity (Wildman–Crippen MR) is 68.0 cm³/mol. The van der Waals surface area contributed by atoms with Crippen molar-refractivity contribution in [2.75, 3.05) is 0 Å². The Balaban J connectivity index is 2.68. The van der Waals surface area contributed by atoms with Gasteiger partial charge in [0, 0.05) is 20.9 Å². The lowest BCUT2D eigenvalue weighted by Crippen LogP contribution is -1.99. The van der Waals surface area contributed by atoms with Crippen LogP contribution in [0.4, 0.5) is 0 Å². The van der Waals surface area contributed by atoms with Crippen LogP contribution in [-0.4, -0.2) is 4.57 Å². The molecule has 1 heterocycles. The van der Waals surface area contributed by atoms with E-state index < -0.39 is 0 Å². The fourth-order valence-electron chi connectivity index (χ4n) is 1.71. The quantitative estimate of drug-likeness (QED) is 0.726. The van der Waals surface area contributed by atoms with E-state index in [4.69, 9.17) is 11.6 Å². The van der Waals surface area contributed by atoms with E-state index in [1.807, 2.05) is 18.2 Å². The first-order valence-electron chi connectivity index (χ1n) is 4.70. The molecular weight excluding hydrogens is 273 g/mol. The first-order valence-corrected chi connectivity index (χ1v) is 5.87. The zero-order valence-electron chi connectivity index (χ0n) is 8.59. The molecule has 0 unspecified atom stereocenters. The molecule has 78 valence electrons. The predicted octanol–water partition coefficient (Wildman–Crippen LogP) is 4.51. The number of aryl methyl sites for hydroxylation is 2. The van der Waals surface area contributed by atoms with Crippen molar-refractivity contribution in [3.63, 3.8) is 0 Å². The summed E-state index contributed by atoms with van der Waals surface area (Å²) in [5.41, 5.74) is 3.49. The summed E-state index contributed by atoms with van der Waals surface area (Å²) in [5, 5.41) is 0.751. The minimum Gasteiger partial charge on any atom is -0.317 e. The number of rotatable bonds is 1. The van der Waals surface area contributed by atoms with Crippen molar-refractivity contribution in [1.29, 1.82) is 0 Å². The summed E-state index contributed by atoms with van der Waals surface area (Å²) in [7, 11) is 0. The summed E-state index contributed by atoms with van der Waals surface area (Å²) < 4.78 is 3.23. The molecule has 2 rings (SSSR count). The Labute approximate surface area is 103 Å². The molecule has 0 radical (unpaired) electrons. The SMILES string of the molecule is Cc1ccc(C)n1-c1cc(Cl)ccc1Br. The second-order valence-electron chi connectivity index (χ2n) is 3.55. The molecule has 0 amide bonds. The van der Waals surface area contributed by atoms with Crippen molar-refractivity contribution in [3.05, 3.63) is 51.2 Å². The maximum Gasteiger partial charge on any atom is 0.0611 e. The van der Waals surface area contributed by atoms with Crippen LogP contribution < -0.4 is 0 Å². The van der Waals surface area contributed by atoms with Crippen molar-refractivity contribution in [3.8, 4) is 5.69 Å². The summed E-state index contributed by atoms with van der Waals surface area (Å²) in [5.74, 6) is 0. The third kappa shape index (κ3) is 1.97. The topological polar surface area (TPSA) is 4.93 Å². The van der Waals surface area contributed by atoms with Crippen molar-refractivity contribution < 1.29 is 0 Å². The van der Waals surface area contributed by atoms with Crippen molar-refractivity contribution >= 4 is 27.5 Å². The molecule has 0 atom stereocenters. The highest BCUT2D eigenvalue weighted by Gasteiger charge is 2.07. The molecule has 3 heteroatoms. The standard InChI is InChI=1S/C12H11BrClN/c1-8-3-4-9(2)15(8)12-7-10(14)5-6-11(12)13/h3-7H,1-2H3. The van der Waals surface area contributed by atoms with Crippen LogP contribution in [0.1, 0.15) is 11.4 Å². The Morgan fingerprint density at radius 3 is 2.27 bits per heavy atom. The van der Waals surface area contributed by atoms with Crippen LogP contribution >= 0.6 is 27.5 Å². The number of benzene rings is 1. The number of nitrogens with zero attached hydrogens (tertiary/aromatic N) is 1. The fourth-order valence-corrected chi connectivity index (χ4v) is 2.30. The Bertz CT molecular complexity index is 483. The Hall–Kier alpha value is -0.730. The molecule has 2 aromatic rings. The molecule has 0 saturated heterocycles. The molecule has 1 nitrogen and oxygen atoms in total. The summed E-state index contributed by atoms with van der Waals surface area (Å²) in [6, 6.07) is 10.0. The molecular formula is C12H11BrClN. The lowest BCUT2D eigenvalue weighted by molar-refractivity contribution is 0.960. The van der Waals surface area contributed by atoms with Gasteiger partial charge in [-0.3, -0.25) is 0 Å². The first-order chi connectivity index (χ1) is 7.09. The Kier molecular flexibility index (Phi) is 2.89. The normalized spacial score (nSPS) is 10.7. The molecule has 15 heavy (non-hydrogen) atoms. The second-order valence-corrected chi connectivity index (χ2v) is 4.84. The van der Waals surface area contributed by atoms with E-state index in [9.17, 15) is 0 Å². The number of hydrogen-bond donors (Lipinski definition) is 0. The van der Waals surface area contributed by atoms with Crippen LogP contribution in [0, 0.1) is 13.8 Å². The van der Waals surface area contributed by atoms with Crippen LogP contribution in [-0.2, 0) is 0 Å². The molecule has 0 aliphatic carbocycles. The summed E-state index contributed by atoms with van der Waals surface area (Å²) in [6.45, 7) is 4.17. The van der Waals surface area contributed by atoms with Gasteiger partial charge in [-0.15, -0.1) is 0 Å². The highest BCUT2D eigenvalue weighted by Crippen LogP contribution is 2.27. The highest BCUT2D eigenvalue weighted by atomic mass is 79.9. The van der Waals surface area contributed by atoms with Gasteiger partial charge in [-0.25, -0.2) is 0 Å².